The van der Waals surface area contributed by atoms with Crippen LogP contribution in [0.4, 0.5) is 0 Å². The fourth-order valence-corrected chi connectivity index (χ4v) is 3.79. The maximum Gasteiger partial charge on any atom is 0.0499 e. The van der Waals surface area contributed by atoms with E-state index >= 15 is 0 Å². The molecule has 0 aromatic carbocycles. The molecule has 1 aliphatic rings. The van der Waals surface area contributed by atoms with Crippen LogP contribution in [0.2, 0.25) is 0 Å². The maximum absolute atomic E-state index is 9.79. The molecule has 0 spiro atoms. The van der Waals surface area contributed by atoms with Crippen LogP contribution in [-0.4, -0.2) is 29.7 Å². The van der Waals surface area contributed by atoms with Crippen LogP contribution < -0.4 is 0 Å². The molecule has 1 fully saturated rings. The maximum atomic E-state index is 9.79. The molecule has 102 valence electrons. The lowest BCUT2D eigenvalue weighted by atomic mass is 9.74. The highest BCUT2D eigenvalue weighted by Gasteiger charge is 2.32. The van der Waals surface area contributed by atoms with Gasteiger partial charge in [0.2, 0.25) is 0 Å². The Morgan fingerprint density at radius 1 is 1.33 bits per heavy atom. The van der Waals surface area contributed by atoms with Crippen LogP contribution in [0.25, 0.3) is 0 Å². The molecule has 0 aliphatic heterocycles. The Bertz CT molecular complexity index is 330. The van der Waals surface area contributed by atoms with E-state index in [1.165, 1.54) is 37.0 Å². The Hall–Kier alpha value is -0.380. The lowest BCUT2D eigenvalue weighted by Crippen LogP contribution is -2.41. The highest BCUT2D eigenvalue weighted by Crippen LogP contribution is 2.36. The van der Waals surface area contributed by atoms with Crippen LogP contribution in [0.3, 0.4) is 0 Å². The van der Waals surface area contributed by atoms with E-state index in [1.54, 1.807) is 0 Å². The second-order valence-electron chi connectivity index (χ2n) is 5.60. The summed E-state index contributed by atoms with van der Waals surface area (Å²) in [5.74, 6) is 0. The van der Waals surface area contributed by atoms with Crippen LogP contribution in [0, 0.1) is 5.41 Å². The first-order valence-corrected chi connectivity index (χ1v) is 8.01. The molecule has 1 aliphatic carbocycles. The van der Waals surface area contributed by atoms with Crippen molar-refractivity contribution in [3.05, 3.63) is 22.4 Å². The summed E-state index contributed by atoms with van der Waals surface area (Å²) in [6, 6.07) is 4.33. The lowest BCUT2D eigenvalue weighted by molar-refractivity contribution is 0.0398. The number of aliphatic hydroxyl groups excluding tert-OH is 1. The number of hydrogen-bond acceptors (Lipinski definition) is 3. The average molecular weight is 267 g/mol. The van der Waals surface area contributed by atoms with Gasteiger partial charge in [0.15, 0.2) is 0 Å². The van der Waals surface area contributed by atoms with E-state index in [4.69, 9.17) is 0 Å². The summed E-state index contributed by atoms with van der Waals surface area (Å²) >= 11 is 1.83. The van der Waals surface area contributed by atoms with Gasteiger partial charge < -0.3 is 5.11 Å². The van der Waals surface area contributed by atoms with Crippen molar-refractivity contribution in [3.63, 3.8) is 0 Å². The van der Waals surface area contributed by atoms with Gasteiger partial charge in [0, 0.05) is 30.0 Å². The summed E-state index contributed by atoms with van der Waals surface area (Å²) in [5.41, 5.74) is 0.172. The van der Waals surface area contributed by atoms with Crippen molar-refractivity contribution in [2.24, 2.45) is 5.41 Å². The zero-order chi connectivity index (χ0) is 12.8. The van der Waals surface area contributed by atoms with Gasteiger partial charge in [0.05, 0.1) is 0 Å². The van der Waals surface area contributed by atoms with E-state index in [0.29, 0.717) is 6.61 Å². The van der Waals surface area contributed by atoms with Gasteiger partial charge in [-0.25, -0.2) is 0 Å². The third kappa shape index (κ3) is 3.56. The monoisotopic (exact) mass is 267 g/mol. The standard InChI is InChI=1S/C15H25NOS/c1-2-16(11-14-7-6-10-18-14)12-15(13-17)8-4-3-5-9-15/h6-7,10,17H,2-5,8-9,11-13H2,1H3. The Balaban J connectivity index is 1.95. The summed E-state index contributed by atoms with van der Waals surface area (Å²) in [7, 11) is 0. The molecule has 0 unspecified atom stereocenters. The predicted molar refractivity (Wildman–Crippen MR) is 77.9 cm³/mol. The van der Waals surface area contributed by atoms with Gasteiger partial charge >= 0.3 is 0 Å². The highest BCUT2D eigenvalue weighted by atomic mass is 32.1. The van der Waals surface area contributed by atoms with Crippen LogP contribution in [0.5, 0.6) is 0 Å². The van der Waals surface area contributed by atoms with Crippen molar-refractivity contribution in [1.82, 2.24) is 4.90 Å². The van der Waals surface area contributed by atoms with Gasteiger partial charge in [-0.05, 0) is 30.8 Å². The first-order valence-electron chi connectivity index (χ1n) is 7.13. The normalized spacial score (nSPS) is 19.3. The van der Waals surface area contributed by atoms with E-state index in [-0.39, 0.29) is 5.41 Å². The topological polar surface area (TPSA) is 23.5 Å². The van der Waals surface area contributed by atoms with E-state index in [0.717, 1.165) is 19.6 Å². The van der Waals surface area contributed by atoms with Crippen molar-refractivity contribution in [3.8, 4) is 0 Å². The Morgan fingerprint density at radius 2 is 2.11 bits per heavy atom. The lowest BCUT2D eigenvalue weighted by Gasteiger charge is -2.39. The molecule has 0 bridgehead atoms. The van der Waals surface area contributed by atoms with E-state index in [1.807, 2.05) is 11.3 Å². The van der Waals surface area contributed by atoms with Gasteiger partial charge in [0.25, 0.3) is 0 Å². The number of aliphatic hydroxyl groups is 1. The molecule has 2 nitrogen and oxygen atoms in total. The molecule has 1 N–H and O–H groups in total. The molecule has 0 atom stereocenters. The van der Waals surface area contributed by atoms with Crippen molar-refractivity contribution in [2.75, 3.05) is 19.7 Å². The summed E-state index contributed by atoms with van der Waals surface area (Å²) in [6.07, 6.45) is 6.32. The minimum Gasteiger partial charge on any atom is -0.396 e. The molecule has 3 heteroatoms. The average Bonchev–Trinajstić information content (AvgIpc) is 2.92. The summed E-state index contributed by atoms with van der Waals surface area (Å²) in [5, 5.41) is 11.9. The summed E-state index contributed by atoms with van der Waals surface area (Å²) in [4.78, 5) is 3.92. The van der Waals surface area contributed by atoms with Crippen molar-refractivity contribution in [2.45, 2.75) is 45.6 Å². The molecule has 0 saturated heterocycles. The van der Waals surface area contributed by atoms with Crippen molar-refractivity contribution < 1.29 is 5.11 Å². The Kier molecular flexibility index (Phi) is 5.22. The molecule has 1 aromatic rings. The molecule has 0 radical (unpaired) electrons. The fourth-order valence-electron chi connectivity index (χ4n) is 3.04. The van der Waals surface area contributed by atoms with E-state index < -0.39 is 0 Å². The first kappa shape index (κ1) is 14.0. The minimum atomic E-state index is 0.172. The zero-order valence-electron chi connectivity index (χ0n) is 11.4. The second kappa shape index (κ2) is 6.69. The van der Waals surface area contributed by atoms with Crippen molar-refractivity contribution >= 4 is 11.3 Å². The van der Waals surface area contributed by atoms with Crippen LogP contribution in [0.1, 0.15) is 43.9 Å². The van der Waals surface area contributed by atoms with Gasteiger partial charge in [0.1, 0.15) is 0 Å². The molecule has 1 aromatic heterocycles. The number of thiophene rings is 1. The largest absolute Gasteiger partial charge is 0.396 e. The predicted octanol–water partition coefficient (Wildman–Crippen LogP) is 3.51. The number of rotatable bonds is 6. The van der Waals surface area contributed by atoms with Crippen LogP contribution in [0.15, 0.2) is 17.5 Å². The molecule has 2 rings (SSSR count). The first-order chi connectivity index (χ1) is 8.78. The van der Waals surface area contributed by atoms with E-state index in [2.05, 4.69) is 29.3 Å². The Labute approximate surface area is 115 Å². The van der Waals surface area contributed by atoms with Crippen LogP contribution in [-0.2, 0) is 6.54 Å². The number of hydrogen-bond donors (Lipinski definition) is 1. The number of nitrogens with zero attached hydrogens (tertiary/aromatic N) is 1. The summed E-state index contributed by atoms with van der Waals surface area (Å²) < 4.78 is 0. The summed E-state index contributed by atoms with van der Waals surface area (Å²) in [6.45, 7) is 5.74. The van der Waals surface area contributed by atoms with Crippen molar-refractivity contribution in [1.29, 1.82) is 0 Å². The molecular formula is C15H25NOS. The third-order valence-electron chi connectivity index (χ3n) is 4.22. The van der Waals surface area contributed by atoms with Gasteiger partial charge in [-0.2, -0.15) is 0 Å². The van der Waals surface area contributed by atoms with Crippen LogP contribution >= 0.6 is 11.3 Å². The van der Waals surface area contributed by atoms with Gasteiger partial charge in [-0.15, -0.1) is 11.3 Å². The molecule has 1 saturated carbocycles. The second-order valence-corrected chi connectivity index (χ2v) is 6.63. The quantitative estimate of drug-likeness (QED) is 0.852. The smallest absolute Gasteiger partial charge is 0.0499 e. The molecular weight excluding hydrogens is 242 g/mol. The van der Waals surface area contributed by atoms with Gasteiger partial charge in [-0.3, -0.25) is 4.90 Å². The molecule has 1 heterocycles. The molecule has 0 amide bonds. The SMILES string of the molecule is CCN(Cc1cccs1)CC1(CO)CCCCC1. The Morgan fingerprint density at radius 3 is 2.67 bits per heavy atom. The fraction of sp³-hybridized carbons (Fsp3) is 0.733. The third-order valence-corrected chi connectivity index (χ3v) is 5.08. The highest BCUT2D eigenvalue weighted by molar-refractivity contribution is 7.09. The molecule has 18 heavy (non-hydrogen) atoms. The van der Waals surface area contributed by atoms with E-state index in [9.17, 15) is 5.11 Å². The minimum absolute atomic E-state index is 0.172. The van der Waals surface area contributed by atoms with Gasteiger partial charge in [-0.1, -0.05) is 32.3 Å². The zero-order valence-corrected chi connectivity index (χ0v) is 12.2.